The van der Waals surface area contributed by atoms with Crippen molar-refractivity contribution in [1.29, 1.82) is 0 Å². The second kappa shape index (κ2) is 5.36. The van der Waals surface area contributed by atoms with E-state index in [0.29, 0.717) is 12.8 Å². The zero-order valence-electron chi connectivity index (χ0n) is 10.6. The third-order valence-electron chi connectivity index (χ3n) is 3.31. The van der Waals surface area contributed by atoms with Gasteiger partial charge in [0.05, 0.1) is 0 Å². The van der Waals surface area contributed by atoms with Crippen LogP contribution in [-0.2, 0) is 16.1 Å². The molecule has 0 aliphatic heterocycles. The van der Waals surface area contributed by atoms with E-state index in [1.165, 1.54) is 5.57 Å². The van der Waals surface area contributed by atoms with Crippen LogP contribution in [0.5, 0.6) is 0 Å². The highest BCUT2D eigenvalue weighted by Crippen LogP contribution is 2.28. The van der Waals surface area contributed by atoms with Gasteiger partial charge >= 0.3 is 5.97 Å². The van der Waals surface area contributed by atoms with Gasteiger partial charge in [-0.25, -0.2) is 4.79 Å². The smallest absolute Gasteiger partial charge is 0.338 e. The summed E-state index contributed by atoms with van der Waals surface area (Å²) in [5.41, 5.74) is 0.807. The van der Waals surface area contributed by atoms with E-state index in [1.807, 2.05) is 43.3 Å². The first-order valence-corrected chi connectivity index (χ1v) is 6.19. The second-order valence-corrected chi connectivity index (χ2v) is 4.85. The molecule has 1 aromatic rings. The maximum Gasteiger partial charge on any atom is 0.338 e. The number of allylic oxidation sites excluding steroid dienone is 1. The molecule has 0 radical (unpaired) electrons. The number of carbonyl (C=O) groups is 1. The largest absolute Gasteiger partial charge is 0.459 e. The predicted octanol–water partition coefficient (Wildman–Crippen LogP) is 2.59. The summed E-state index contributed by atoms with van der Waals surface area (Å²) in [6.45, 7) is 2.22. The molecule has 0 aromatic heterocycles. The predicted molar refractivity (Wildman–Crippen MR) is 68.8 cm³/mol. The first kappa shape index (κ1) is 12.8. The zero-order chi connectivity index (χ0) is 13.0. The number of ether oxygens (including phenoxy) is 1. The minimum atomic E-state index is -1.34. The molecule has 1 N–H and O–H groups in total. The highest BCUT2D eigenvalue weighted by atomic mass is 16.5. The van der Waals surface area contributed by atoms with E-state index in [1.54, 1.807) is 0 Å². The lowest BCUT2D eigenvalue weighted by Gasteiger charge is -2.28. The van der Waals surface area contributed by atoms with Gasteiger partial charge in [0.1, 0.15) is 6.61 Å². The van der Waals surface area contributed by atoms with Crippen molar-refractivity contribution in [2.45, 2.75) is 38.4 Å². The molecule has 1 unspecified atom stereocenters. The Hall–Kier alpha value is -1.61. The summed E-state index contributed by atoms with van der Waals surface area (Å²) >= 11 is 0. The minimum absolute atomic E-state index is 0.213. The van der Waals surface area contributed by atoms with Crippen LogP contribution in [0.4, 0.5) is 0 Å². The molecule has 2 rings (SSSR count). The quantitative estimate of drug-likeness (QED) is 0.658. The lowest BCUT2D eigenvalue weighted by atomic mass is 9.86. The topological polar surface area (TPSA) is 46.5 Å². The third kappa shape index (κ3) is 2.99. The van der Waals surface area contributed by atoms with E-state index in [9.17, 15) is 9.90 Å². The van der Waals surface area contributed by atoms with Gasteiger partial charge in [-0.2, -0.15) is 0 Å². The molecule has 96 valence electrons. The van der Waals surface area contributed by atoms with E-state index in [0.717, 1.165) is 12.0 Å². The fraction of sp³-hybridized carbons (Fsp3) is 0.400. The first-order chi connectivity index (χ1) is 8.60. The molecule has 0 saturated heterocycles. The summed E-state index contributed by atoms with van der Waals surface area (Å²) in [7, 11) is 0. The number of rotatable bonds is 3. The summed E-state index contributed by atoms with van der Waals surface area (Å²) in [4.78, 5) is 11.9. The Balaban J connectivity index is 1.92. The molecule has 1 aromatic carbocycles. The van der Waals surface area contributed by atoms with E-state index >= 15 is 0 Å². The second-order valence-electron chi connectivity index (χ2n) is 4.85. The lowest BCUT2D eigenvalue weighted by Crippen LogP contribution is -2.41. The molecule has 3 heteroatoms. The molecular weight excluding hydrogens is 228 g/mol. The molecule has 1 atom stereocenters. The van der Waals surface area contributed by atoms with Crippen molar-refractivity contribution in [3.8, 4) is 0 Å². The summed E-state index contributed by atoms with van der Waals surface area (Å²) in [6.07, 6.45) is 3.46. The Kier molecular flexibility index (Phi) is 3.82. The molecule has 0 bridgehead atoms. The van der Waals surface area contributed by atoms with E-state index < -0.39 is 11.6 Å². The maximum atomic E-state index is 11.9. The molecule has 1 aliphatic carbocycles. The molecule has 0 amide bonds. The van der Waals surface area contributed by atoms with Crippen LogP contribution in [0.3, 0.4) is 0 Å². The van der Waals surface area contributed by atoms with Crippen LogP contribution in [-0.4, -0.2) is 16.7 Å². The number of benzene rings is 1. The van der Waals surface area contributed by atoms with Gasteiger partial charge in [0, 0.05) is 6.42 Å². The van der Waals surface area contributed by atoms with Crippen LogP contribution >= 0.6 is 0 Å². The fourth-order valence-electron chi connectivity index (χ4n) is 1.99. The number of esters is 1. The molecule has 0 heterocycles. The Morgan fingerprint density at radius 1 is 1.39 bits per heavy atom. The minimum Gasteiger partial charge on any atom is -0.459 e. The maximum absolute atomic E-state index is 11.9. The van der Waals surface area contributed by atoms with Crippen molar-refractivity contribution >= 4 is 5.97 Å². The van der Waals surface area contributed by atoms with Gasteiger partial charge in [0.25, 0.3) is 0 Å². The molecule has 0 fully saturated rings. The molecule has 18 heavy (non-hydrogen) atoms. The fourth-order valence-corrected chi connectivity index (χ4v) is 1.99. The van der Waals surface area contributed by atoms with Crippen LogP contribution in [0.2, 0.25) is 0 Å². The van der Waals surface area contributed by atoms with E-state index in [-0.39, 0.29) is 6.61 Å². The van der Waals surface area contributed by atoms with Gasteiger partial charge in [-0.05, 0) is 25.3 Å². The SMILES string of the molecule is CC1=CCC(O)(C(=O)OCc2ccccc2)CC1. The summed E-state index contributed by atoms with van der Waals surface area (Å²) in [5.74, 6) is -0.518. The zero-order valence-corrected chi connectivity index (χ0v) is 10.6. The number of aliphatic hydroxyl groups is 1. The van der Waals surface area contributed by atoms with Crippen molar-refractivity contribution in [1.82, 2.24) is 0 Å². The van der Waals surface area contributed by atoms with Crippen LogP contribution in [0.1, 0.15) is 31.7 Å². The number of hydrogen-bond acceptors (Lipinski definition) is 3. The first-order valence-electron chi connectivity index (χ1n) is 6.19. The highest BCUT2D eigenvalue weighted by molar-refractivity contribution is 5.79. The Labute approximate surface area is 107 Å². The van der Waals surface area contributed by atoms with Crippen molar-refractivity contribution in [2.24, 2.45) is 0 Å². The molecule has 0 spiro atoms. The van der Waals surface area contributed by atoms with Gasteiger partial charge < -0.3 is 9.84 Å². The molecular formula is C15H18O3. The summed E-state index contributed by atoms with van der Waals surface area (Å²) in [6, 6.07) is 9.48. The van der Waals surface area contributed by atoms with Crippen LogP contribution < -0.4 is 0 Å². The van der Waals surface area contributed by atoms with Gasteiger partial charge in [0.15, 0.2) is 5.60 Å². The Bertz CT molecular complexity index is 450. The van der Waals surface area contributed by atoms with Crippen molar-refractivity contribution in [3.05, 3.63) is 47.5 Å². The Morgan fingerprint density at radius 2 is 2.11 bits per heavy atom. The van der Waals surface area contributed by atoms with Crippen LogP contribution in [0, 0.1) is 0 Å². The van der Waals surface area contributed by atoms with Crippen LogP contribution in [0.15, 0.2) is 42.0 Å². The molecule has 0 saturated carbocycles. The average Bonchev–Trinajstić information content (AvgIpc) is 2.41. The number of hydrogen-bond donors (Lipinski definition) is 1. The van der Waals surface area contributed by atoms with Crippen molar-refractivity contribution in [3.63, 3.8) is 0 Å². The van der Waals surface area contributed by atoms with Crippen molar-refractivity contribution in [2.75, 3.05) is 0 Å². The summed E-state index contributed by atoms with van der Waals surface area (Å²) in [5, 5.41) is 10.2. The average molecular weight is 246 g/mol. The third-order valence-corrected chi connectivity index (χ3v) is 3.31. The van der Waals surface area contributed by atoms with Gasteiger partial charge in [-0.15, -0.1) is 0 Å². The highest BCUT2D eigenvalue weighted by Gasteiger charge is 2.38. The van der Waals surface area contributed by atoms with Crippen molar-refractivity contribution < 1.29 is 14.6 Å². The van der Waals surface area contributed by atoms with E-state index in [2.05, 4.69) is 0 Å². The summed E-state index contributed by atoms with van der Waals surface area (Å²) < 4.78 is 5.19. The standard InChI is InChI=1S/C15H18O3/c1-12-7-9-15(17,10-8-12)14(16)18-11-13-5-3-2-4-6-13/h2-7,17H,8-11H2,1H3. The van der Waals surface area contributed by atoms with Crippen LogP contribution in [0.25, 0.3) is 0 Å². The Morgan fingerprint density at radius 3 is 2.72 bits per heavy atom. The van der Waals surface area contributed by atoms with Gasteiger partial charge in [-0.1, -0.05) is 42.0 Å². The molecule has 1 aliphatic rings. The molecule has 3 nitrogen and oxygen atoms in total. The van der Waals surface area contributed by atoms with E-state index in [4.69, 9.17) is 4.74 Å². The normalized spacial score (nSPS) is 23.3. The van der Waals surface area contributed by atoms with Gasteiger partial charge in [-0.3, -0.25) is 0 Å². The van der Waals surface area contributed by atoms with Gasteiger partial charge in [0.2, 0.25) is 0 Å². The number of carbonyl (C=O) groups excluding carboxylic acids is 1. The monoisotopic (exact) mass is 246 g/mol. The lowest BCUT2D eigenvalue weighted by molar-refractivity contribution is -0.167.